The van der Waals surface area contributed by atoms with Crippen molar-refractivity contribution in [3.8, 4) is 5.75 Å². The highest BCUT2D eigenvalue weighted by Crippen LogP contribution is 2.28. The maximum atomic E-state index is 13.2. The number of rotatable bonds is 7. The molecule has 2 heterocycles. The van der Waals surface area contributed by atoms with Gasteiger partial charge in [-0.25, -0.2) is 4.68 Å². The largest absolute Gasteiger partial charge is 0.491 e. The number of carbonyl (C=O) groups excluding carboxylic acids is 2. The lowest BCUT2D eigenvalue weighted by atomic mass is 9.85. The highest BCUT2D eigenvalue weighted by atomic mass is 35.5. The molecule has 3 aromatic rings. The van der Waals surface area contributed by atoms with Gasteiger partial charge in [0.25, 0.3) is 5.91 Å². The van der Waals surface area contributed by atoms with Gasteiger partial charge in [-0.3, -0.25) is 15.0 Å². The number of fused-ring (bicyclic) bond motifs is 1. The van der Waals surface area contributed by atoms with Crippen molar-refractivity contribution in [1.82, 2.24) is 24.7 Å². The summed E-state index contributed by atoms with van der Waals surface area (Å²) in [5, 5.41) is 28.8. The zero-order valence-corrected chi connectivity index (χ0v) is 21.0. The van der Waals surface area contributed by atoms with Crippen molar-refractivity contribution in [3.63, 3.8) is 0 Å². The lowest BCUT2D eigenvalue weighted by Gasteiger charge is -2.21. The van der Waals surface area contributed by atoms with Crippen LogP contribution in [-0.2, 0) is 12.0 Å². The average molecular weight is 491 g/mol. The molecule has 3 rings (SSSR count). The summed E-state index contributed by atoms with van der Waals surface area (Å²) in [5.74, 6) is -0.116. The molecule has 0 atom stereocenters. The molecule has 0 fully saturated rings. The number of hydrogen-bond acceptors (Lipinski definition) is 7. The summed E-state index contributed by atoms with van der Waals surface area (Å²) in [7, 11) is 1.52. The summed E-state index contributed by atoms with van der Waals surface area (Å²) in [5.41, 5.74) is 2.98. The summed E-state index contributed by atoms with van der Waals surface area (Å²) in [4.78, 5) is 25.4. The number of aliphatic hydroxyl groups excluding tert-OH is 1. The van der Waals surface area contributed by atoms with Crippen LogP contribution in [-0.4, -0.2) is 56.5 Å². The van der Waals surface area contributed by atoms with Gasteiger partial charge in [-0.05, 0) is 48.6 Å². The van der Waals surface area contributed by atoms with E-state index in [0.29, 0.717) is 28.1 Å². The van der Waals surface area contributed by atoms with Gasteiger partial charge in [0, 0.05) is 18.2 Å². The zero-order valence-electron chi connectivity index (χ0n) is 20.2. The highest BCUT2D eigenvalue weighted by Gasteiger charge is 2.21. The Bertz CT molecular complexity index is 1290. The van der Waals surface area contributed by atoms with Crippen LogP contribution in [0.25, 0.3) is 5.65 Å². The van der Waals surface area contributed by atoms with Crippen molar-refractivity contribution in [3.05, 3.63) is 51.8 Å². The first-order chi connectivity index (χ1) is 15.5. The third kappa shape index (κ3) is 5.28. The minimum Gasteiger partial charge on any atom is -0.491 e. The minimum atomic E-state index is -0.359. The number of hydrogen-bond donors (Lipinski definition) is 3. The number of nitrogens with one attached hydrogen (secondary N) is 2. The smallest absolute Gasteiger partial charge is 0.271 e. The van der Waals surface area contributed by atoms with Crippen molar-refractivity contribution in [2.24, 2.45) is 0 Å². The van der Waals surface area contributed by atoms with Crippen LogP contribution in [0.1, 0.15) is 58.3 Å². The predicted molar refractivity (Wildman–Crippen MR) is 129 cm³/mol. The first-order valence-electron chi connectivity index (χ1n) is 10.6. The SMILES string of the molecule is CNC(=O)c1nn2c(=N)n(CC(=O)c3cc(OCCO)cc(C(C)(C)C)c3)nc2c(C)c1C.Cl. The standard InChI is InChI=1S/C23H30N6O4.ClH/c1-13-14(2)20-27-28(22(24)29(20)26-19(13)21(32)25-6)12-18(31)15-9-16(23(3,4)5)11-17(10-15)33-8-7-30;/h9-11,24,30H,7-8,12H2,1-6H3,(H,25,32);1H. The van der Waals surface area contributed by atoms with E-state index in [1.54, 1.807) is 19.9 Å². The number of benzene rings is 1. The molecule has 0 aliphatic carbocycles. The van der Waals surface area contributed by atoms with Crippen LogP contribution in [0.4, 0.5) is 0 Å². The Morgan fingerprint density at radius 2 is 1.82 bits per heavy atom. The summed E-state index contributed by atoms with van der Waals surface area (Å²) >= 11 is 0. The van der Waals surface area contributed by atoms with Gasteiger partial charge in [0.2, 0.25) is 5.62 Å². The van der Waals surface area contributed by atoms with Gasteiger partial charge in [-0.15, -0.1) is 17.5 Å². The summed E-state index contributed by atoms with van der Waals surface area (Å²) in [6.07, 6.45) is 0. The molecule has 0 spiro atoms. The van der Waals surface area contributed by atoms with E-state index in [4.69, 9.17) is 15.3 Å². The molecule has 0 unspecified atom stereocenters. The number of aryl methyl sites for hydroxylation is 1. The molecule has 0 saturated heterocycles. The number of ketones is 1. The quantitative estimate of drug-likeness (QED) is 0.433. The van der Waals surface area contributed by atoms with Crippen molar-refractivity contribution >= 4 is 29.7 Å². The van der Waals surface area contributed by atoms with Crippen LogP contribution in [0, 0.1) is 19.3 Å². The number of ether oxygens (including phenoxy) is 1. The van der Waals surface area contributed by atoms with Crippen LogP contribution in [0.15, 0.2) is 18.2 Å². The van der Waals surface area contributed by atoms with Crippen molar-refractivity contribution in [2.45, 2.75) is 46.6 Å². The number of Topliss-reactive ketones (excluding diaryl/α,β-unsaturated/α-hetero) is 1. The second-order valence-electron chi connectivity index (χ2n) is 8.89. The molecule has 2 aromatic heterocycles. The molecule has 0 radical (unpaired) electrons. The third-order valence-electron chi connectivity index (χ3n) is 5.50. The highest BCUT2D eigenvalue weighted by molar-refractivity contribution is 5.96. The molecule has 0 aliphatic rings. The fourth-order valence-electron chi connectivity index (χ4n) is 3.37. The number of halogens is 1. The van der Waals surface area contributed by atoms with Crippen LogP contribution < -0.4 is 15.7 Å². The number of nitrogens with zero attached hydrogens (tertiary/aromatic N) is 4. The second kappa shape index (κ2) is 10.4. The van der Waals surface area contributed by atoms with Gasteiger partial charge < -0.3 is 15.2 Å². The van der Waals surface area contributed by atoms with Crippen LogP contribution >= 0.6 is 12.4 Å². The van der Waals surface area contributed by atoms with Crippen LogP contribution in [0.5, 0.6) is 5.75 Å². The molecule has 0 saturated carbocycles. The lowest BCUT2D eigenvalue weighted by Crippen LogP contribution is -2.28. The molecule has 1 amide bonds. The van der Waals surface area contributed by atoms with E-state index >= 15 is 0 Å². The molecular formula is C23H31ClN6O4. The van der Waals surface area contributed by atoms with Crippen LogP contribution in [0.2, 0.25) is 0 Å². The van der Waals surface area contributed by atoms with Gasteiger partial charge in [0.15, 0.2) is 17.1 Å². The predicted octanol–water partition coefficient (Wildman–Crippen LogP) is 1.96. The molecule has 10 nitrogen and oxygen atoms in total. The Balaban J connectivity index is 0.00000408. The van der Waals surface area contributed by atoms with Crippen molar-refractivity contribution in [2.75, 3.05) is 20.3 Å². The van der Waals surface area contributed by atoms with E-state index in [9.17, 15) is 9.59 Å². The molecular weight excluding hydrogens is 460 g/mol. The first kappa shape index (κ1) is 27.0. The molecule has 0 aliphatic heterocycles. The van der Waals surface area contributed by atoms with Gasteiger partial charge in [0.1, 0.15) is 18.9 Å². The van der Waals surface area contributed by atoms with E-state index in [2.05, 4.69) is 15.5 Å². The summed E-state index contributed by atoms with van der Waals surface area (Å²) < 4.78 is 8.10. The Morgan fingerprint density at radius 1 is 1.15 bits per heavy atom. The fourth-order valence-corrected chi connectivity index (χ4v) is 3.37. The van der Waals surface area contributed by atoms with E-state index in [1.165, 1.54) is 16.2 Å². The lowest BCUT2D eigenvalue weighted by molar-refractivity contribution is 0.0950. The zero-order chi connectivity index (χ0) is 24.5. The van der Waals surface area contributed by atoms with E-state index in [0.717, 1.165) is 5.56 Å². The Morgan fingerprint density at radius 3 is 2.41 bits per heavy atom. The Hall–Kier alpha value is -3.24. The van der Waals surface area contributed by atoms with E-state index in [1.807, 2.05) is 32.9 Å². The monoisotopic (exact) mass is 490 g/mol. The minimum absolute atomic E-state index is 0. The fraction of sp³-hybridized carbons (Fsp3) is 0.435. The maximum Gasteiger partial charge on any atom is 0.271 e. The summed E-state index contributed by atoms with van der Waals surface area (Å²) in [6, 6.07) is 5.30. The second-order valence-corrected chi connectivity index (χ2v) is 8.89. The molecule has 184 valence electrons. The average Bonchev–Trinajstić information content (AvgIpc) is 3.08. The van der Waals surface area contributed by atoms with Crippen molar-refractivity contribution < 1.29 is 19.4 Å². The molecule has 3 N–H and O–H groups in total. The van der Waals surface area contributed by atoms with E-state index < -0.39 is 0 Å². The van der Waals surface area contributed by atoms with Gasteiger partial charge in [0.05, 0.1) is 6.61 Å². The van der Waals surface area contributed by atoms with Gasteiger partial charge >= 0.3 is 0 Å². The first-order valence-corrected chi connectivity index (χ1v) is 10.6. The van der Waals surface area contributed by atoms with Crippen LogP contribution in [0.3, 0.4) is 0 Å². The topological polar surface area (TPSA) is 135 Å². The summed E-state index contributed by atoms with van der Waals surface area (Å²) in [6.45, 7) is 9.48. The number of aliphatic hydroxyl groups is 1. The number of carbonyl (C=O) groups is 2. The van der Waals surface area contributed by atoms with E-state index in [-0.39, 0.29) is 60.6 Å². The normalized spacial score (nSPS) is 11.3. The molecule has 34 heavy (non-hydrogen) atoms. The Kier molecular flexibility index (Phi) is 8.22. The number of amides is 1. The molecule has 1 aromatic carbocycles. The number of aromatic nitrogens is 4. The van der Waals surface area contributed by atoms with Crippen molar-refractivity contribution in [1.29, 1.82) is 5.41 Å². The van der Waals surface area contributed by atoms with Gasteiger partial charge in [-0.2, -0.15) is 9.61 Å². The third-order valence-corrected chi connectivity index (χ3v) is 5.50. The molecule has 11 heteroatoms. The molecule has 0 bridgehead atoms. The maximum absolute atomic E-state index is 13.2. The van der Waals surface area contributed by atoms with Gasteiger partial charge in [-0.1, -0.05) is 20.8 Å². The Labute approximate surface area is 203 Å².